The topological polar surface area (TPSA) is 15.6 Å². The van der Waals surface area contributed by atoms with E-state index in [-0.39, 0.29) is 5.92 Å². The minimum absolute atomic E-state index is 0.240. The van der Waals surface area contributed by atoms with Gasteiger partial charge in [0.2, 0.25) is 0 Å². The summed E-state index contributed by atoms with van der Waals surface area (Å²) in [5, 5.41) is 0. The SMILES string of the molecule is C=C(C=CC(=C)N(C)C)C(C)c1ccccc1C(C)=NC. The average molecular weight is 282 g/mol. The zero-order chi connectivity index (χ0) is 16.0. The van der Waals surface area contributed by atoms with Crippen molar-refractivity contribution < 1.29 is 0 Å². The molecule has 0 spiro atoms. The second-order valence-corrected chi connectivity index (χ2v) is 5.41. The number of rotatable bonds is 6. The van der Waals surface area contributed by atoms with E-state index < -0.39 is 0 Å². The predicted octanol–water partition coefficient (Wildman–Crippen LogP) is 4.42. The number of nitrogens with zero attached hydrogens (tertiary/aromatic N) is 2. The lowest BCUT2D eigenvalue weighted by Crippen LogP contribution is -2.08. The first-order valence-electron chi connectivity index (χ1n) is 7.14. The molecule has 0 aliphatic heterocycles. The molecule has 21 heavy (non-hydrogen) atoms. The smallest absolute Gasteiger partial charge is 0.0389 e. The summed E-state index contributed by atoms with van der Waals surface area (Å²) in [7, 11) is 5.79. The molecule has 1 atom stereocenters. The van der Waals surface area contributed by atoms with E-state index in [2.05, 4.69) is 43.3 Å². The first-order valence-corrected chi connectivity index (χ1v) is 7.14. The number of aliphatic imine (C=N–C) groups is 1. The molecular formula is C19H26N2. The summed E-state index contributed by atoms with van der Waals surface area (Å²) < 4.78 is 0. The van der Waals surface area contributed by atoms with Crippen molar-refractivity contribution in [2.75, 3.05) is 21.1 Å². The minimum Gasteiger partial charge on any atom is -0.378 e. The first-order chi connectivity index (χ1) is 9.88. The second kappa shape index (κ2) is 7.63. The molecule has 0 aliphatic carbocycles. The molecule has 1 aromatic carbocycles. The summed E-state index contributed by atoms with van der Waals surface area (Å²) in [5.41, 5.74) is 5.52. The predicted molar refractivity (Wildman–Crippen MR) is 94.1 cm³/mol. The van der Waals surface area contributed by atoms with Crippen LogP contribution in [0.25, 0.3) is 0 Å². The Morgan fingerprint density at radius 1 is 1.19 bits per heavy atom. The van der Waals surface area contributed by atoms with Crippen LogP contribution in [0.4, 0.5) is 0 Å². The molecule has 0 heterocycles. The van der Waals surface area contributed by atoms with Crippen LogP contribution in [-0.4, -0.2) is 31.8 Å². The van der Waals surface area contributed by atoms with E-state index >= 15 is 0 Å². The van der Waals surface area contributed by atoms with Crippen molar-refractivity contribution in [3.05, 3.63) is 72.0 Å². The van der Waals surface area contributed by atoms with Gasteiger partial charge in [-0.1, -0.05) is 50.4 Å². The van der Waals surface area contributed by atoms with Gasteiger partial charge in [0, 0.05) is 38.5 Å². The molecule has 0 aliphatic rings. The molecule has 112 valence electrons. The van der Waals surface area contributed by atoms with E-state index in [0.717, 1.165) is 17.0 Å². The summed E-state index contributed by atoms with van der Waals surface area (Å²) in [6, 6.07) is 8.37. The van der Waals surface area contributed by atoms with Gasteiger partial charge in [0.1, 0.15) is 0 Å². The second-order valence-electron chi connectivity index (χ2n) is 5.41. The van der Waals surface area contributed by atoms with Crippen molar-refractivity contribution in [3.63, 3.8) is 0 Å². The summed E-state index contributed by atoms with van der Waals surface area (Å²) in [4.78, 5) is 6.29. The van der Waals surface area contributed by atoms with Crippen LogP contribution >= 0.6 is 0 Å². The van der Waals surface area contributed by atoms with Gasteiger partial charge in [-0.3, -0.25) is 4.99 Å². The zero-order valence-corrected chi connectivity index (χ0v) is 13.9. The lowest BCUT2D eigenvalue weighted by Gasteiger charge is -2.17. The summed E-state index contributed by atoms with van der Waals surface area (Å²) in [6.07, 6.45) is 4.05. The van der Waals surface area contributed by atoms with E-state index in [9.17, 15) is 0 Å². The Balaban J connectivity index is 3.02. The molecule has 2 nitrogen and oxygen atoms in total. The van der Waals surface area contributed by atoms with Crippen LogP contribution in [0.2, 0.25) is 0 Å². The third-order valence-electron chi connectivity index (χ3n) is 3.77. The quantitative estimate of drug-likeness (QED) is 0.557. The van der Waals surface area contributed by atoms with Gasteiger partial charge in [-0.2, -0.15) is 0 Å². The highest BCUT2D eigenvalue weighted by molar-refractivity contribution is 6.00. The third-order valence-corrected chi connectivity index (χ3v) is 3.77. The summed E-state index contributed by atoms with van der Waals surface area (Å²) >= 11 is 0. The molecule has 1 unspecified atom stereocenters. The number of allylic oxidation sites excluding steroid dienone is 3. The maximum atomic E-state index is 4.31. The van der Waals surface area contributed by atoms with Crippen LogP contribution in [0.5, 0.6) is 0 Å². The van der Waals surface area contributed by atoms with Crippen molar-refractivity contribution in [2.45, 2.75) is 19.8 Å². The van der Waals surface area contributed by atoms with E-state index in [1.165, 1.54) is 11.1 Å². The van der Waals surface area contributed by atoms with E-state index in [4.69, 9.17) is 0 Å². The first kappa shape index (κ1) is 17.0. The Hall–Kier alpha value is -2.09. The molecule has 0 fully saturated rings. The van der Waals surface area contributed by atoms with Crippen LogP contribution in [0, 0.1) is 0 Å². The van der Waals surface area contributed by atoms with Crippen LogP contribution < -0.4 is 0 Å². The summed E-state index contributed by atoms with van der Waals surface area (Å²) in [6.45, 7) is 12.4. The fourth-order valence-electron chi connectivity index (χ4n) is 2.02. The van der Waals surface area contributed by atoms with Crippen LogP contribution in [0.1, 0.15) is 30.9 Å². The molecule has 0 aromatic heterocycles. The molecule has 0 radical (unpaired) electrons. The van der Waals surface area contributed by atoms with Gasteiger partial charge >= 0.3 is 0 Å². The highest BCUT2D eigenvalue weighted by atomic mass is 15.1. The van der Waals surface area contributed by atoms with Crippen LogP contribution in [0.15, 0.2) is 65.8 Å². The van der Waals surface area contributed by atoms with Crippen molar-refractivity contribution >= 4 is 5.71 Å². The van der Waals surface area contributed by atoms with E-state index in [0.29, 0.717) is 0 Å². The minimum atomic E-state index is 0.240. The summed E-state index contributed by atoms with van der Waals surface area (Å²) in [5.74, 6) is 0.240. The lowest BCUT2D eigenvalue weighted by molar-refractivity contribution is 0.532. The Bertz CT molecular complexity index is 577. The molecular weight excluding hydrogens is 256 g/mol. The number of benzene rings is 1. The number of hydrogen-bond donors (Lipinski definition) is 0. The maximum Gasteiger partial charge on any atom is 0.0389 e. The Morgan fingerprint density at radius 2 is 1.81 bits per heavy atom. The van der Waals surface area contributed by atoms with Crippen molar-refractivity contribution in [2.24, 2.45) is 4.99 Å². The average Bonchev–Trinajstić information content (AvgIpc) is 2.50. The van der Waals surface area contributed by atoms with Gasteiger partial charge in [-0.25, -0.2) is 0 Å². The fourth-order valence-corrected chi connectivity index (χ4v) is 2.02. The molecule has 1 aromatic rings. The van der Waals surface area contributed by atoms with Gasteiger partial charge in [0.15, 0.2) is 0 Å². The molecule has 2 heteroatoms. The molecule has 1 rings (SSSR count). The lowest BCUT2D eigenvalue weighted by atomic mass is 9.88. The number of hydrogen-bond acceptors (Lipinski definition) is 2. The third kappa shape index (κ3) is 4.45. The van der Waals surface area contributed by atoms with Crippen LogP contribution in [0.3, 0.4) is 0 Å². The largest absolute Gasteiger partial charge is 0.378 e. The maximum absolute atomic E-state index is 4.31. The van der Waals surface area contributed by atoms with Crippen LogP contribution in [-0.2, 0) is 0 Å². The van der Waals surface area contributed by atoms with Crippen molar-refractivity contribution in [3.8, 4) is 0 Å². The molecule has 0 saturated carbocycles. The zero-order valence-electron chi connectivity index (χ0n) is 13.9. The molecule has 0 amide bonds. The van der Waals surface area contributed by atoms with E-state index in [1.807, 2.05) is 51.2 Å². The van der Waals surface area contributed by atoms with Gasteiger partial charge in [-0.15, -0.1) is 0 Å². The fraction of sp³-hybridized carbons (Fsp3) is 0.316. The number of likely N-dealkylation sites (N-methyl/N-ethyl adjacent to an activating group) is 1. The van der Waals surface area contributed by atoms with Gasteiger partial charge in [0.05, 0.1) is 0 Å². The molecule has 0 saturated heterocycles. The standard InChI is InChI=1S/C19H26N2/c1-14(12-13-15(2)21(6)7)16(3)18-10-8-9-11-19(18)17(4)20-5/h8-13,16H,1-2H2,3-7H3. The van der Waals surface area contributed by atoms with Crippen molar-refractivity contribution in [1.82, 2.24) is 4.90 Å². The normalized spacial score (nSPS) is 13.3. The highest BCUT2D eigenvalue weighted by Crippen LogP contribution is 2.27. The van der Waals surface area contributed by atoms with Gasteiger partial charge in [-0.05, 0) is 29.7 Å². The molecule has 0 N–H and O–H groups in total. The highest BCUT2D eigenvalue weighted by Gasteiger charge is 2.13. The Kier molecular flexibility index (Phi) is 6.16. The monoisotopic (exact) mass is 282 g/mol. The Morgan fingerprint density at radius 3 is 2.38 bits per heavy atom. The van der Waals surface area contributed by atoms with Crippen molar-refractivity contribution in [1.29, 1.82) is 0 Å². The van der Waals surface area contributed by atoms with Gasteiger partial charge in [0.25, 0.3) is 0 Å². The molecule has 0 bridgehead atoms. The Labute approximate surface area is 129 Å². The van der Waals surface area contributed by atoms with Gasteiger partial charge < -0.3 is 4.90 Å². The van der Waals surface area contributed by atoms with E-state index in [1.54, 1.807) is 0 Å².